The summed E-state index contributed by atoms with van der Waals surface area (Å²) >= 11 is 0. The molecule has 2 aromatic rings. The molecule has 0 saturated carbocycles. The van der Waals surface area contributed by atoms with Crippen LogP contribution in [0, 0.1) is 5.82 Å². The lowest BCUT2D eigenvalue weighted by molar-refractivity contribution is 0.335. The molecule has 0 unspecified atom stereocenters. The molecule has 1 N–H and O–H groups in total. The summed E-state index contributed by atoms with van der Waals surface area (Å²) in [5.41, 5.74) is 2.30. The van der Waals surface area contributed by atoms with Gasteiger partial charge in [-0.05, 0) is 43.7 Å². The SMILES string of the molecule is CCOc1ccccc1CNCCc1ccc(F)cc1.Cl.Cl. The van der Waals surface area contributed by atoms with Crippen LogP contribution >= 0.6 is 24.8 Å². The van der Waals surface area contributed by atoms with E-state index in [9.17, 15) is 4.39 Å². The Labute approximate surface area is 143 Å². The average Bonchev–Trinajstić information content (AvgIpc) is 2.47. The maximum Gasteiger partial charge on any atom is 0.123 e. The minimum absolute atomic E-state index is 0. The summed E-state index contributed by atoms with van der Waals surface area (Å²) in [6, 6.07) is 14.7. The Bertz CT molecular complexity index is 534. The first-order valence-electron chi connectivity index (χ1n) is 6.95. The molecule has 22 heavy (non-hydrogen) atoms. The van der Waals surface area contributed by atoms with Crippen molar-refractivity contribution in [3.63, 3.8) is 0 Å². The van der Waals surface area contributed by atoms with Gasteiger partial charge in [-0.3, -0.25) is 0 Å². The molecular weight excluding hydrogens is 324 g/mol. The van der Waals surface area contributed by atoms with Crippen LogP contribution in [0.25, 0.3) is 0 Å². The van der Waals surface area contributed by atoms with E-state index in [0.717, 1.165) is 36.4 Å². The minimum atomic E-state index is -0.188. The molecular formula is C17H22Cl2FNO. The first-order valence-corrected chi connectivity index (χ1v) is 6.95. The van der Waals surface area contributed by atoms with Crippen LogP contribution in [-0.2, 0) is 13.0 Å². The lowest BCUT2D eigenvalue weighted by Gasteiger charge is -2.10. The number of benzene rings is 2. The fourth-order valence-corrected chi connectivity index (χ4v) is 2.05. The Morgan fingerprint density at radius 2 is 1.68 bits per heavy atom. The smallest absolute Gasteiger partial charge is 0.123 e. The van der Waals surface area contributed by atoms with Gasteiger partial charge in [0.1, 0.15) is 11.6 Å². The molecule has 2 rings (SSSR count). The maximum atomic E-state index is 12.8. The molecule has 0 atom stereocenters. The first kappa shape index (κ1) is 20.7. The zero-order valence-corrected chi connectivity index (χ0v) is 14.2. The van der Waals surface area contributed by atoms with Crippen molar-refractivity contribution in [3.05, 3.63) is 65.5 Å². The summed E-state index contributed by atoms with van der Waals surface area (Å²) in [7, 11) is 0. The van der Waals surface area contributed by atoms with Crippen LogP contribution in [0.3, 0.4) is 0 Å². The molecule has 2 aromatic carbocycles. The van der Waals surface area contributed by atoms with Gasteiger partial charge in [-0.2, -0.15) is 0 Å². The highest BCUT2D eigenvalue weighted by Crippen LogP contribution is 2.17. The van der Waals surface area contributed by atoms with Crippen molar-refractivity contribution in [1.82, 2.24) is 5.32 Å². The fourth-order valence-electron chi connectivity index (χ4n) is 2.05. The third kappa shape index (κ3) is 6.65. The molecule has 0 bridgehead atoms. The topological polar surface area (TPSA) is 21.3 Å². The van der Waals surface area contributed by atoms with E-state index >= 15 is 0 Å². The van der Waals surface area contributed by atoms with Gasteiger partial charge < -0.3 is 10.1 Å². The van der Waals surface area contributed by atoms with Crippen LogP contribution < -0.4 is 10.1 Å². The van der Waals surface area contributed by atoms with E-state index in [2.05, 4.69) is 11.4 Å². The molecule has 0 aromatic heterocycles. The number of rotatable bonds is 7. The summed E-state index contributed by atoms with van der Waals surface area (Å²) in [6.45, 7) is 4.29. The van der Waals surface area contributed by atoms with E-state index < -0.39 is 0 Å². The summed E-state index contributed by atoms with van der Waals surface area (Å²) in [5, 5.41) is 3.39. The van der Waals surface area contributed by atoms with Gasteiger partial charge in [-0.15, -0.1) is 24.8 Å². The van der Waals surface area contributed by atoms with Crippen molar-refractivity contribution >= 4 is 24.8 Å². The van der Waals surface area contributed by atoms with Gasteiger partial charge >= 0.3 is 0 Å². The van der Waals surface area contributed by atoms with Gasteiger partial charge in [-0.1, -0.05) is 30.3 Å². The van der Waals surface area contributed by atoms with E-state index in [1.807, 2.05) is 37.3 Å². The number of ether oxygens (including phenoxy) is 1. The lowest BCUT2D eigenvalue weighted by Crippen LogP contribution is -2.17. The van der Waals surface area contributed by atoms with E-state index in [0.29, 0.717) is 6.61 Å². The minimum Gasteiger partial charge on any atom is -0.494 e. The monoisotopic (exact) mass is 345 g/mol. The number of halogens is 3. The standard InChI is InChI=1S/C17H20FNO.2ClH/c1-2-20-17-6-4-3-5-15(17)13-19-12-11-14-7-9-16(18)10-8-14;;/h3-10,19H,2,11-13H2,1H3;2*1H. The molecule has 0 amide bonds. The Morgan fingerprint density at radius 1 is 1.00 bits per heavy atom. The van der Waals surface area contributed by atoms with Gasteiger partial charge in [0.2, 0.25) is 0 Å². The van der Waals surface area contributed by atoms with Gasteiger partial charge in [0, 0.05) is 12.1 Å². The highest BCUT2D eigenvalue weighted by Gasteiger charge is 2.01. The molecule has 5 heteroatoms. The molecule has 122 valence electrons. The highest BCUT2D eigenvalue weighted by atomic mass is 35.5. The zero-order valence-electron chi connectivity index (χ0n) is 12.5. The highest BCUT2D eigenvalue weighted by molar-refractivity contribution is 5.85. The molecule has 0 fully saturated rings. The summed E-state index contributed by atoms with van der Waals surface area (Å²) < 4.78 is 18.4. The largest absolute Gasteiger partial charge is 0.494 e. The molecule has 0 aliphatic carbocycles. The van der Waals surface area contributed by atoms with Gasteiger partial charge in [0.15, 0.2) is 0 Å². The van der Waals surface area contributed by atoms with Crippen molar-refractivity contribution in [3.8, 4) is 5.75 Å². The molecule has 0 aliphatic heterocycles. The maximum absolute atomic E-state index is 12.8. The van der Waals surface area contributed by atoms with Gasteiger partial charge in [0.25, 0.3) is 0 Å². The number of hydrogen-bond acceptors (Lipinski definition) is 2. The number of nitrogens with one attached hydrogen (secondary N) is 1. The second-order valence-electron chi connectivity index (χ2n) is 4.59. The first-order chi connectivity index (χ1) is 9.79. The summed E-state index contributed by atoms with van der Waals surface area (Å²) in [6.07, 6.45) is 0.886. The molecule has 2 nitrogen and oxygen atoms in total. The van der Waals surface area contributed by atoms with Gasteiger partial charge in [-0.25, -0.2) is 4.39 Å². The van der Waals surface area contributed by atoms with Crippen molar-refractivity contribution in [1.29, 1.82) is 0 Å². The Hall–Kier alpha value is -1.29. The van der Waals surface area contributed by atoms with Crippen molar-refractivity contribution in [2.75, 3.05) is 13.2 Å². The van der Waals surface area contributed by atoms with Crippen LogP contribution in [0.1, 0.15) is 18.1 Å². The zero-order chi connectivity index (χ0) is 14.2. The van der Waals surface area contributed by atoms with Crippen LogP contribution in [-0.4, -0.2) is 13.2 Å². The molecule has 0 spiro atoms. The third-order valence-electron chi connectivity index (χ3n) is 3.09. The van der Waals surface area contributed by atoms with Crippen molar-refractivity contribution < 1.29 is 9.13 Å². The molecule has 0 heterocycles. The van der Waals surface area contributed by atoms with Crippen LogP contribution in [0.4, 0.5) is 4.39 Å². The van der Waals surface area contributed by atoms with E-state index in [1.165, 1.54) is 12.1 Å². The van der Waals surface area contributed by atoms with Crippen molar-refractivity contribution in [2.24, 2.45) is 0 Å². The Balaban J connectivity index is 0.00000220. The second kappa shape index (κ2) is 11.3. The van der Waals surface area contributed by atoms with Crippen LogP contribution in [0.5, 0.6) is 5.75 Å². The third-order valence-corrected chi connectivity index (χ3v) is 3.09. The Kier molecular flexibility index (Phi) is 10.6. The van der Waals surface area contributed by atoms with Crippen LogP contribution in [0.2, 0.25) is 0 Å². The Morgan fingerprint density at radius 3 is 2.36 bits per heavy atom. The van der Waals surface area contributed by atoms with E-state index in [1.54, 1.807) is 0 Å². The van der Waals surface area contributed by atoms with E-state index in [4.69, 9.17) is 4.74 Å². The normalized spacial score (nSPS) is 9.55. The predicted octanol–water partition coefficient (Wildman–Crippen LogP) is 4.40. The lowest BCUT2D eigenvalue weighted by atomic mass is 10.1. The predicted molar refractivity (Wildman–Crippen MR) is 93.9 cm³/mol. The summed E-state index contributed by atoms with van der Waals surface area (Å²) in [5.74, 6) is 0.747. The summed E-state index contributed by atoms with van der Waals surface area (Å²) in [4.78, 5) is 0. The second-order valence-corrected chi connectivity index (χ2v) is 4.59. The number of para-hydroxylation sites is 1. The molecule has 0 aliphatic rings. The quantitative estimate of drug-likeness (QED) is 0.751. The average molecular weight is 346 g/mol. The van der Waals surface area contributed by atoms with E-state index in [-0.39, 0.29) is 30.6 Å². The molecule has 0 radical (unpaired) electrons. The number of hydrogen-bond donors (Lipinski definition) is 1. The van der Waals surface area contributed by atoms with Crippen LogP contribution in [0.15, 0.2) is 48.5 Å². The molecule has 0 saturated heterocycles. The van der Waals surface area contributed by atoms with Crippen molar-refractivity contribution in [2.45, 2.75) is 19.9 Å². The fraction of sp³-hybridized carbons (Fsp3) is 0.294. The van der Waals surface area contributed by atoms with Gasteiger partial charge in [0.05, 0.1) is 6.61 Å².